The molecule has 0 aliphatic carbocycles. The molecule has 1 fully saturated rings. The number of likely N-dealkylation sites (tertiary alicyclic amines) is 1. The molecule has 7 heteroatoms. The van der Waals surface area contributed by atoms with Crippen LogP contribution < -0.4 is 0 Å². The second-order valence-corrected chi connectivity index (χ2v) is 6.81. The quantitative estimate of drug-likeness (QED) is 0.733. The lowest BCUT2D eigenvalue weighted by atomic mass is 9.97. The molecule has 1 amide bonds. The van der Waals surface area contributed by atoms with Crippen molar-refractivity contribution in [3.05, 3.63) is 47.9 Å². The Balaban J connectivity index is 1.56. The fourth-order valence-electron chi connectivity index (χ4n) is 3.28. The molecule has 3 aromatic heterocycles. The molecular weight excluding hydrogens is 318 g/mol. The molecule has 25 heavy (non-hydrogen) atoms. The summed E-state index contributed by atoms with van der Waals surface area (Å²) >= 11 is 0. The topological polar surface area (TPSA) is 76.5 Å². The van der Waals surface area contributed by atoms with Gasteiger partial charge in [0, 0.05) is 19.0 Å². The van der Waals surface area contributed by atoms with Crippen LogP contribution in [0, 0.1) is 0 Å². The van der Waals surface area contributed by atoms with E-state index in [1.54, 1.807) is 10.7 Å². The zero-order valence-electron chi connectivity index (χ0n) is 14.4. The molecule has 130 valence electrons. The summed E-state index contributed by atoms with van der Waals surface area (Å²) in [6, 6.07) is 7.53. The monoisotopic (exact) mass is 339 g/mol. The molecule has 1 atom stereocenters. The normalized spacial score (nSPS) is 18.2. The molecule has 1 saturated heterocycles. The van der Waals surface area contributed by atoms with Crippen LogP contribution in [-0.4, -0.2) is 43.7 Å². The Morgan fingerprint density at radius 1 is 1.32 bits per heavy atom. The number of piperidine rings is 1. The van der Waals surface area contributed by atoms with Crippen molar-refractivity contribution >= 4 is 11.4 Å². The average Bonchev–Trinajstić information content (AvgIpc) is 3.30. The first kappa shape index (κ1) is 15.8. The van der Waals surface area contributed by atoms with Gasteiger partial charge in [0.25, 0.3) is 5.91 Å². The first-order chi connectivity index (χ1) is 12.1. The number of carbonyl (C=O) groups is 1. The summed E-state index contributed by atoms with van der Waals surface area (Å²) in [5, 5.41) is 8.31. The van der Waals surface area contributed by atoms with Crippen molar-refractivity contribution < 1.29 is 9.32 Å². The standard InChI is InChI=1S/C18H21N5O2/c1-12(2)16-20-17(25-21-16)13-5-4-10-22(11-13)18(24)15-7-3-6-14-8-9-19-23(14)15/h3,6-9,12-13H,4-5,10-11H2,1-2H3. The Bertz CT molecular complexity index is 898. The summed E-state index contributed by atoms with van der Waals surface area (Å²) in [5.41, 5.74) is 1.49. The largest absolute Gasteiger partial charge is 0.339 e. The van der Waals surface area contributed by atoms with E-state index in [4.69, 9.17) is 4.52 Å². The van der Waals surface area contributed by atoms with Crippen LogP contribution >= 0.6 is 0 Å². The Labute approximate surface area is 145 Å². The predicted molar refractivity (Wildman–Crippen MR) is 91.5 cm³/mol. The van der Waals surface area contributed by atoms with Crippen molar-refractivity contribution in [1.82, 2.24) is 24.7 Å². The van der Waals surface area contributed by atoms with Gasteiger partial charge in [-0.25, -0.2) is 4.52 Å². The molecule has 1 aliphatic rings. The van der Waals surface area contributed by atoms with Crippen molar-refractivity contribution in [2.24, 2.45) is 0 Å². The van der Waals surface area contributed by atoms with Gasteiger partial charge in [-0.2, -0.15) is 10.1 Å². The van der Waals surface area contributed by atoms with Gasteiger partial charge in [0.05, 0.1) is 17.6 Å². The minimum absolute atomic E-state index is 0.0115. The number of carbonyl (C=O) groups excluding carboxylic acids is 1. The van der Waals surface area contributed by atoms with Crippen LogP contribution in [0.1, 0.15) is 60.7 Å². The first-order valence-electron chi connectivity index (χ1n) is 8.69. The van der Waals surface area contributed by atoms with E-state index in [9.17, 15) is 4.79 Å². The molecule has 0 aromatic carbocycles. The van der Waals surface area contributed by atoms with Gasteiger partial charge in [0.1, 0.15) is 5.69 Å². The van der Waals surface area contributed by atoms with E-state index >= 15 is 0 Å². The fraction of sp³-hybridized carbons (Fsp3) is 0.444. The summed E-state index contributed by atoms with van der Waals surface area (Å²) in [6.45, 7) is 5.40. The number of hydrogen-bond acceptors (Lipinski definition) is 5. The van der Waals surface area contributed by atoms with Gasteiger partial charge in [-0.1, -0.05) is 25.1 Å². The SMILES string of the molecule is CC(C)c1noc(C2CCCN(C(=O)c3cccc4ccnn34)C2)n1. The van der Waals surface area contributed by atoms with Crippen molar-refractivity contribution in [3.8, 4) is 0 Å². The smallest absolute Gasteiger partial charge is 0.272 e. The third kappa shape index (κ3) is 2.90. The van der Waals surface area contributed by atoms with Crippen molar-refractivity contribution in [1.29, 1.82) is 0 Å². The molecule has 4 heterocycles. The van der Waals surface area contributed by atoms with Crippen LogP contribution in [0.4, 0.5) is 0 Å². The molecular formula is C18H21N5O2. The molecule has 7 nitrogen and oxygen atoms in total. The lowest BCUT2D eigenvalue weighted by molar-refractivity contribution is 0.0687. The summed E-state index contributed by atoms with van der Waals surface area (Å²) < 4.78 is 7.13. The highest BCUT2D eigenvalue weighted by Crippen LogP contribution is 2.27. The van der Waals surface area contributed by atoms with Gasteiger partial charge in [0.15, 0.2) is 5.82 Å². The van der Waals surface area contributed by atoms with E-state index < -0.39 is 0 Å². The van der Waals surface area contributed by atoms with Crippen LogP contribution in [0.2, 0.25) is 0 Å². The first-order valence-corrected chi connectivity index (χ1v) is 8.69. The Hall–Kier alpha value is -2.70. The Morgan fingerprint density at radius 3 is 3.00 bits per heavy atom. The van der Waals surface area contributed by atoms with Crippen LogP contribution in [-0.2, 0) is 0 Å². The predicted octanol–water partition coefficient (Wildman–Crippen LogP) is 2.86. The van der Waals surface area contributed by atoms with Gasteiger partial charge in [-0.15, -0.1) is 0 Å². The zero-order valence-corrected chi connectivity index (χ0v) is 14.4. The van der Waals surface area contributed by atoms with E-state index in [1.165, 1.54) is 0 Å². The van der Waals surface area contributed by atoms with Gasteiger partial charge >= 0.3 is 0 Å². The van der Waals surface area contributed by atoms with Crippen LogP contribution in [0.5, 0.6) is 0 Å². The molecule has 1 aliphatic heterocycles. The van der Waals surface area contributed by atoms with Gasteiger partial charge < -0.3 is 9.42 Å². The number of nitrogens with zero attached hydrogens (tertiary/aromatic N) is 5. The van der Waals surface area contributed by atoms with E-state index in [0.29, 0.717) is 18.1 Å². The van der Waals surface area contributed by atoms with Gasteiger partial charge in [0.2, 0.25) is 5.89 Å². The molecule has 0 radical (unpaired) electrons. The number of amides is 1. The summed E-state index contributed by atoms with van der Waals surface area (Å²) in [7, 11) is 0. The maximum atomic E-state index is 13.0. The van der Waals surface area contributed by atoms with Crippen LogP contribution in [0.3, 0.4) is 0 Å². The number of hydrogen-bond donors (Lipinski definition) is 0. The second-order valence-electron chi connectivity index (χ2n) is 6.81. The fourth-order valence-corrected chi connectivity index (χ4v) is 3.28. The Kier molecular flexibility index (Phi) is 3.99. The maximum absolute atomic E-state index is 13.0. The molecule has 0 spiro atoms. The lowest BCUT2D eigenvalue weighted by Crippen LogP contribution is -2.40. The molecule has 0 saturated carbocycles. The lowest BCUT2D eigenvalue weighted by Gasteiger charge is -2.31. The Morgan fingerprint density at radius 2 is 2.20 bits per heavy atom. The van der Waals surface area contributed by atoms with Crippen molar-refractivity contribution in [2.75, 3.05) is 13.1 Å². The second kappa shape index (κ2) is 6.31. The summed E-state index contributed by atoms with van der Waals surface area (Å²) in [6.07, 6.45) is 3.58. The molecule has 4 rings (SSSR count). The minimum Gasteiger partial charge on any atom is -0.339 e. The third-order valence-corrected chi connectivity index (χ3v) is 4.67. The van der Waals surface area contributed by atoms with Gasteiger partial charge in [-0.05, 0) is 31.0 Å². The molecule has 0 N–H and O–H groups in total. The molecule has 1 unspecified atom stereocenters. The van der Waals surface area contributed by atoms with E-state index in [1.807, 2.05) is 43.0 Å². The van der Waals surface area contributed by atoms with Crippen molar-refractivity contribution in [2.45, 2.75) is 38.5 Å². The highest BCUT2D eigenvalue weighted by Gasteiger charge is 2.30. The minimum atomic E-state index is -0.0115. The number of pyridine rings is 1. The maximum Gasteiger partial charge on any atom is 0.272 e. The number of aromatic nitrogens is 4. The van der Waals surface area contributed by atoms with E-state index in [0.717, 1.165) is 30.7 Å². The van der Waals surface area contributed by atoms with Crippen molar-refractivity contribution in [3.63, 3.8) is 0 Å². The van der Waals surface area contributed by atoms with Crippen LogP contribution in [0.25, 0.3) is 5.52 Å². The van der Waals surface area contributed by atoms with E-state index in [-0.39, 0.29) is 17.7 Å². The van der Waals surface area contributed by atoms with E-state index in [2.05, 4.69) is 15.2 Å². The highest BCUT2D eigenvalue weighted by atomic mass is 16.5. The molecule has 3 aromatic rings. The average molecular weight is 339 g/mol. The highest BCUT2D eigenvalue weighted by molar-refractivity contribution is 5.93. The number of rotatable bonds is 3. The van der Waals surface area contributed by atoms with Crippen LogP contribution in [0.15, 0.2) is 35.0 Å². The summed E-state index contributed by atoms with van der Waals surface area (Å²) in [5.74, 6) is 1.67. The third-order valence-electron chi connectivity index (χ3n) is 4.67. The summed E-state index contributed by atoms with van der Waals surface area (Å²) in [4.78, 5) is 19.4. The number of fused-ring (bicyclic) bond motifs is 1. The molecule has 0 bridgehead atoms. The zero-order chi connectivity index (χ0) is 17.4. The van der Waals surface area contributed by atoms with Gasteiger partial charge in [-0.3, -0.25) is 4.79 Å².